The summed E-state index contributed by atoms with van der Waals surface area (Å²) < 4.78 is 20.8. The maximum absolute atomic E-state index is 13.7. The molecule has 0 aliphatic heterocycles. The van der Waals surface area contributed by atoms with Crippen LogP contribution in [0.2, 0.25) is 0 Å². The summed E-state index contributed by atoms with van der Waals surface area (Å²) in [7, 11) is 0. The third kappa shape index (κ3) is 5.79. The Balaban J connectivity index is 1.57. The van der Waals surface area contributed by atoms with Crippen LogP contribution in [0.25, 0.3) is 0 Å². The Kier molecular flexibility index (Phi) is 7.08. The largest absolute Gasteiger partial charge is 0.486 e. The summed E-state index contributed by atoms with van der Waals surface area (Å²) in [5, 5.41) is 10.7. The predicted molar refractivity (Wildman–Crippen MR) is 125 cm³/mol. The van der Waals surface area contributed by atoms with Gasteiger partial charge in [0, 0.05) is 5.69 Å². The maximum atomic E-state index is 13.7. The van der Waals surface area contributed by atoms with Crippen molar-refractivity contribution in [2.75, 3.05) is 11.2 Å². The summed E-state index contributed by atoms with van der Waals surface area (Å²) in [6, 6.07) is 12.4. The second-order valence-electron chi connectivity index (χ2n) is 8.55. The number of aryl methyl sites for hydroxylation is 1. The summed E-state index contributed by atoms with van der Waals surface area (Å²) in [6.07, 6.45) is 0. The summed E-state index contributed by atoms with van der Waals surface area (Å²) in [5.41, 5.74) is 2.19. The molecular formula is C23H28FN5O2S. The molecule has 3 N–H and O–H groups in total. The predicted octanol–water partition coefficient (Wildman–Crippen LogP) is 4.44. The number of ether oxygens (including phenoxy) is 1. The number of halogens is 1. The fraction of sp³-hybridized carbons (Fsp3) is 0.348. The van der Waals surface area contributed by atoms with Gasteiger partial charge in [-0.1, -0.05) is 50.7 Å². The van der Waals surface area contributed by atoms with Crippen LogP contribution < -0.4 is 15.9 Å². The van der Waals surface area contributed by atoms with E-state index in [2.05, 4.69) is 36.3 Å². The summed E-state index contributed by atoms with van der Waals surface area (Å²) in [5.74, 6) is 6.56. The number of nitrogens with zero attached hydrogens (tertiary/aromatic N) is 3. The number of benzene rings is 2. The van der Waals surface area contributed by atoms with E-state index in [4.69, 9.17) is 10.6 Å². The van der Waals surface area contributed by atoms with Crippen molar-refractivity contribution in [2.45, 2.75) is 57.0 Å². The van der Waals surface area contributed by atoms with Crippen LogP contribution in [0.1, 0.15) is 44.6 Å². The molecule has 0 bridgehead atoms. The van der Waals surface area contributed by atoms with E-state index >= 15 is 0 Å². The van der Waals surface area contributed by atoms with Crippen LogP contribution in [0.15, 0.2) is 47.6 Å². The molecule has 0 saturated carbocycles. The van der Waals surface area contributed by atoms with Crippen LogP contribution in [-0.4, -0.2) is 26.0 Å². The van der Waals surface area contributed by atoms with Crippen molar-refractivity contribution in [3.05, 3.63) is 65.2 Å². The lowest BCUT2D eigenvalue weighted by molar-refractivity contribution is -0.115. The number of carbonyl (C=O) groups excluding carboxylic acids is 1. The van der Waals surface area contributed by atoms with Crippen molar-refractivity contribution >= 4 is 23.4 Å². The zero-order valence-electron chi connectivity index (χ0n) is 18.8. The number of amides is 1. The number of nitrogen functional groups attached to an aromatic ring is 1. The normalized spacial score (nSPS) is 12.4. The van der Waals surface area contributed by atoms with Crippen LogP contribution in [0.5, 0.6) is 5.75 Å². The van der Waals surface area contributed by atoms with Crippen molar-refractivity contribution < 1.29 is 13.9 Å². The Bertz CT molecular complexity index is 1090. The Morgan fingerprint density at radius 3 is 2.53 bits per heavy atom. The summed E-state index contributed by atoms with van der Waals surface area (Å²) in [4.78, 5) is 12.5. The second kappa shape index (κ2) is 9.60. The van der Waals surface area contributed by atoms with Gasteiger partial charge in [0.25, 0.3) is 0 Å². The molecule has 0 aliphatic carbocycles. The smallest absolute Gasteiger partial charge is 0.237 e. The van der Waals surface area contributed by atoms with Crippen LogP contribution in [-0.2, 0) is 16.8 Å². The molecule has 1 aromatic heterocycles. The maximum Gasteiger partial charge on any atom is 0.237 e. The van der Waals surface area contributed by atoms with Gasteiger partial charge in [-0.3, -0.25) is 4.79 Å². The number of hydrogen-bond acceptors (Lipinski definition) is 6. The molecule has 3 aromatic rings. The lowest BCUT2D eigenvalue weighted by Crippen LogP contribution is -2.24. The molecule has 0 radical (unpaired) electrons. The van der Waals surface area contributed by atoms with Gasteiger partial charge in [-0.25, -0.2) is 9.07 Å². The molecule has 1 heterocycles. The molecule has 0 saturated heterocycles. The molecule has 0 aliphatic rings. The van der Waals surface area contributed by atoms with E-state index in [0.29, 0.717) is 28.0 Å². The lowest BCUT2D eigenvalue weighted by Gasteiger charge is -2.19. The Morgan fingerprint density at radius 2 is 1.91 bits per heavy atom. The average Bonchev–Trinajstić information content (AvgIpc) is 3.08. The monoisotopic (exact) mass is 457 g/mol. The second-order valence-corrected chi connectivity index (χ2v) is 9.85. The molecule has 1 unspecified atom stereocenters. The van der Waals surface area contributed by atoms with Crippen molar-refractivity contribution in [1.82, 2.24) is 14.9 Å². The van der Waals surface area contributed by atoms with Gasteiger partial charge in [-0.2, -0.15) is 0 Å². The molecule has 9 heteroatoms. The van der Waals surface area contributed by atoms with Crippen molar-refractivity contribution in [2.24, 2.45) is 0 Å². The van der Waals surface area contributed by atoms with Crippen molar-refractivity contribution in [3.8, 4) is 5.75 Å². The molecule has 1 amide bonds. The van der Waals surface area contributed by atoms with E-state index in [-0.39, 0.29) is 23.7 Å². The number of anilines is 1. The van der Waals surface area contributed by atoms with E-state index in [0.717, 1.165) is 11.8 Å². The van der Waals surface area contributed by atoms with E-state index in [1.54, 1.807) is 26.0 Å². The minimum absolute atomic E-state index is 0.0681. The number of carbonyl (C=O) groups is 1. The first-order valence-electron chi connectivity index (χ1n) is 10.2. The van der Waals surface area contributed by atoms with E-state index < -0.39 is 5.25 Å². The van der Waals surface area contributed by atoms with Gasteiger partial charge in [0.15, 0.2) is 5.82 Å². The number of hydrogen-bond donors (Lipinski definition) is 2. The summed E-state index contributed by atoms with van der Waals surface area (Å²) >= 11 is 1.16. The van der Waals surface area contributed by atoms with Crippen LogP contribution in [0.3, 0.4) is 0 Å². The van der Waals surface area contributed by atoms with E-state index in [1.165, 1.54) is 16.3 Å². The van der Waals surface area contributed by atoms with E-state index in [1.807, 2.05) is 24.3 Å². The standard InChI is InChI=1S/C23H28FN5O2S/c1-14-6-9-17(12-19(14)24)26-21(30)15(2)32-22-28-27-20(29(22)25)13-31-18-10-7-16(8-11-18)23(3,4)5/h6-12,15H,13,25H2,1-5H3,(H,26,30). The van der Waals surface area contributed by atoms with Gasteiger partial charge in [-0.05, 0) is 54.7 Å². The molecule has 7 nitrogen and oxygen atoms in total. The minimum atomic E-state index is -0.524. The molecule has 2 aromatic carbocycles. The molecule has 3 rings (SSSR count). The third-order valence-corrected chi connectivity index (χ3v) is 5.97. The lowest BCUT2D eigenvalue weighted by atomic mass is 9.87. The average molecular weight is 458 g/mol. The third-order valence-electron chi connectivity index (χ3n) is 4.91. The number of thioether (sulfide) groups is 1. The highest BCUT2D eigenvalue weighted by molar-refractivity contribution is 8.00. The summed E-state index contributed by atoms with van der Waals surface area (Å²) in [6.45, 7) is 9.97. The SMILES string of the molecule is Cc1ccc(NC(=O)C(C)Sc2nnc(COc3ccc(C(C)(C)C)cc3)n2N)cc1F. The zero-order chi connectivity index (χ0) is 23.5. The van der Waals surface area contributed by atoms with Crippen molar-refractivity contribution in [1.29, 1.82) is 0 Å². The molecule has 0 spiro atoms. The van der Waals surface area contributed by atoms with Gasteiger partial charge < -0.3 is 15.9 Å². The van der Waals surface area contributed by atoms with Crippen LogP contribution in [0.4, 0.5) is 10.1 Å². The first-order valence-corrected chi connectivity index (χ1v) is 11.1. The van der Waals surface area contributed by atoms with Gasteiger partial charge >= 0.3 is 0 Å². The zero-order valence-corrected chi connectivity index (χ0v) is 19.7. The fourth-order valence-electron chi connectivity index (χ4n) is 2.81. The van der Waals surface area contributed by atoms with Gasteiger partial charge in [-0.15, -0.1) is 10.2 Å². The Morgan fingerprint density at radius 1 is 1.22 bits per heavy atom. The minimum Gasteiger partial charge on any atom is -0.486 e. The van der Waals surface area contributed by atoms with E-state index in [9.17, 15) is 9.18 Å². The Labute approximate surface area is 191 Å². The molecule has 1 atom stereocenters. The quantitative estimate of drug-likeness (QED) is 0.402. The van der Waals surface area contributed by atoms with Gasteiger partial charge in [0.1, 0.15) is 18.2 Å². The first kappa shape index (κ1) is 23.6. The van der Waals surface area contributed by atoms with Gasteiger partial charge in [0.05, 0.1) is 5.25 Å². The van der Waals surface area contributed by atoms with Crippen LogP contribution in [0, 0.1) is 12.7 Å². The number of aromatic nitrogens is 3. The Hall–Kier alpha value is -3.07. The number of nitrogens with two attached hydrogens (primary N) is 1. The van der Waals surface area contributed by atoms with Gasteiger partial charge in [0.2, 0.25) is 11.1 Å². The highest BCUT2D eigenvalue weighted by atomic mass is 32.2. The highest BCUT2D eigenvalue weighted by Gasteiger charge is 2.20. The first-order chi connectivity index (χ1) is 15.0. The highest BCUT2D eigenvalue weighted by Crippen LogP contribution is 2.25. The molecule has 170 valence electrons. The van der Waals surface area contributed by atoms with Crippen molar-refractivity contribution in [3.63, 3.8) is 0 Å². The molecular weight excluding hydrogens is 429 g/mol. The topological polar surface area (TPSA) is 95.1 Å². The number of rotatable bonds is 7. The fourth-order valence-corrected chi connectivity index (χ4v) is 3.60. The van der Waals surface area contributed by atoms with Crippen LogP contribution >= 0.6 is 11.8 Å². The molecule has 32 heavy (non-hydrogen) atoms. The number of nitrogens with one attached hydrogen (secondary N) is 1. The molecule has 0 fully saturated rings.